The average Bonchev–Trinajstić information content (AvgIpc) is 2.75. The molecule has 4 aromatic rings. The van der Waals surface area contributed by atoms with E-state index in [1.807, 2.05) is 12.1 Å². The van der Waals surface area contributed by atoms with Crippen molar-refractivity contribution in [2.75, 3.05) is 5.73 Å². The minimum Gasteiger partial charge on any atom is -0.348 e. The van der Waals surface area contributed by atoms with Gasteiger partial charge in [0.2, 0.25) is 11.5 Å². The Morgan fingerprint density at radius 1 is 1.34 bits per heavy atom. The molecule has 8 heteroatoms. The minimum absolute atomic E-state index is 0.217. The number of nitrogen functional groups attached to an aromatic ring is 1. The van der Waals surface area contributed by atoms with Crippen LogP contribution in [0.5, 0.6) is 0 Å². The number of hydrogen-bond donors (Lipinski definition) is 2. The number of carbonyl (C=O) groups excluding carboxylic acids is 1. The molecule has 0 saturated carbocycles. The molecule has 8 nitrogen and oxygen atoms in total. The van der Waals surface area contributed by atoms with Crippen molar-refractivity contribution < 1.29 is 14.3 Å². The molecule has 0 radical (unpaired) electrons. The summed E-state index contributed by atoms with van der Waals surface area (Å²) in [5.41, 5.74) is 8.07. The summed E-state index contributed by atoms with van der Waals surface area (Å²) >= 11 is 0. The molecule has 4 rings (SSSR count). The number of nitrogens with one attached hydrogen (secondary N) is 2. The van der Waals surface area contributed by atoms with Gasteiger partial charge in [-0.2, -0.15) is 0 Å². The number of aromatic nitrogens is 4. The van der Waals surface area contributed by atoms with Crippen molar-refractivity contribution in [3.8, 4) is 0 Å². The molecule has 0 unspecified atom stereocenters. The highest BCUT2D eigenvalue weighted by molar-refractivity contribution is 6.00. The normalized spacial score (nSPS) is 10.9. The molecule has 0 aliphatic rings. The zero-order valence-electron chi connectivity index (χ0n) is 15.6. The number of fused-ring (bicyclic) bond motifs is 2. The van der Waals surface area contributed by atoms with E-state index >= 15 is 0 Å². The molecule has 29 heavy (non-hydrogen) atoms. The van der Waals surface area contributed by atoms with E-state index in [-0.39, 0.29) is 22.8 Å². The van der Waals surface area contributed by atoms with Crippen LogP contribution in [-0.4, -0.2) is 15.3 Å². The first kappa shape index (κ1) is 18.3. The Balaban J connectivity index is 1.85. The number of nitrogens with two attached hydrogens (primary N) is 1. The van der Waals surface area contributed by atoms with E-state index in [0.29, 0.717) is 29.8 Å². The highest BCUT2D eigenvalue weighted by Crippen LogP contribution is 2.15. The lowest BCUT2D eigenvalue weighted by atomic mass is 10.1. The average molecular weight is 388 g/mol. The minimum atomic E-state index is -0.372. The fourth-order valence-corrected chi connectivity index (χ4v) is 3.21. The summed E-state index contributed by atoms with van der Waals surface area (Å²) in [4.78, 5) is 33.4. The SMILES string of the molecule is C=CC[n+]1c(N)c(C(=O)NCc2ccc[nH+]c2)cc2c(=O)n3ccccc3nc21. The van der Waals surface area contributed by atoms with Crippen molar-refractivity contribution in [3.05, 3.63) is 89.1 Å². The second-order valence-electron chi connectivity index (χ2n) is 6.52. The number of pyridine rings is 3. The maximum absolute atomic E-state index is 13.0. The van der Waals surface area contributed by atoms with Crippen LogP contribution in [0, 0.1) is 0 Å². The summed E-state index contributed by atoms with van der Waals surface area (Å²) in [5, 5.41) is 3.15. The summed E-state index contributed by atoms with van der Waals surface area (Å²) in [5.74, 6) is -0.148. The molecule has 0 aliphatic heterocycles. The summed E-state index contributed by atoms with van der Waals surface area (Å²) in [7, 11) is 0. The van der Waals surface area contributed by atoms with Crippen LogP contribution >= 0.6 is 0 Å². The van der Waals surface area contributed by atoms with E-state index in [2.05, 4.69) is 21.9 Å². The maximum Gasteiger partial charge on any atom is 0.278 e. The summed E-state index contributed by atoms with van der Waals surface area (Å²) < 4.78 is 3.07. The lowest BCUT2D eigenvalue weighted by molar-refractivity contribution is -0.648. The van der Waals surface area contributed by atoms with Crippen LogP contribution in [0.1, 0.15) is 15.9 Å². The van der Waals surface area contributed by atoms with Gasteiger partial charge in [-0.15, -0.1) is 0 Å². The predicted molar refractivity (Wildman–Crippen MR) is 108 cm³/mol. The second kappa shape index (κ2) is 7.51. The Morgan fingerprint density at radius 3 is 2.97 bits per heavy atom. The number of amides is 1. The molecule has 1 amide bonds. The van der Waals surface area contributed by atoms with E-state index in [1.54, 1.807) is 47.4 Å². The van der Waals surface area contributed by atoms with Gasteiger partial charge in [0.25, 0.3) is 17.1 Å². The third-order valence-electron chi connectivity index (χ3n) is 4.64. The van der Waals surface area contributed by atoms with Gasteiger partial charge in [0.15, 0.2) is 12.4 Å². The number of allylic oxidation sites excluding steroid dienone is 1. The molecular formula is C21H20N6O2+2. The first-order valence-corrected chi connectivity index (χ1v) is 9.07. The highest BCUT2D eigenvalue weighted by atomic mass is 16.1. The van der Waals surface area contributed by atoms with Crippen molar-refractivity contribution in [3.63, 3.8) is 0 Å². The fourth-order valence-electron chi connectivity index (χ4n) is 3.21. The van der Waals surface area contributed by atoms with Crippen LogP contribution < -0.4 is 26.2 Å². The fraction of sp³-hybridized carbons (Fsp3) is 0.0952. The van der Waals surface area contributed by atoms with Gasteiger partial charge in [-0.25, -0.2) is 9.55 Å². The van der Waals surface area contributed by atoms with Gasteiger partial charge in [0, 0.05) is 24.4 Å². The van der Waals surface area contributed by atoms with Gasteiger partial charge in [0.1, 0.15) is 10.9 Å². The number of rotatable bonds is 5. The molecular weight excluding hydrogens is 368 g/mol. The van der Waals surface area contributed by atoms with Gasteiger partial charge >= 0.3 is 0 Å². The van der Waals surface area contributed by atoms with Crippen LogP contribution in [0.4, 0.5) is 5.82 Å². The Hall–Kier alpha value is -4.07. The molecule has 0 fully saturated rings. The summed E-state index contributed by atoms with van der Waals surface area (Å²) in [6, 6.07) is 10.5. The van der Waals surface area contributed by atoms with E-state index in [1.165, 1.54) is 10.5 Å². The van der Waals surface area contributed by atoms with Crippen LogP contribution in [0.3, 0.4) is 0 Å². The summed E-state index contributed by atoms with van der Waals surface area (Å²) in [6.07, 6.45) is 6.87. The van der Waals surface area contributed by atoms with Crippen LogP contribution in [-0.2, 0) is 13.1 Å². The summed E-state index contributed by atoms with van der Waals surface area (Å²) in [6.45, 7) is 4.38. The monoisotopic (exact) mass is 388 g/mol. The van der Waals surface area contributed by atoms with E-state index in [4.69, 9.17) is 5.73 Å². The number of nitrogens with zero attached hydrogens (tertiary/aromatic N) is 3. The zero-order chi connectivity index (χ0) is 20.4. The highest BCUT2D eigenvalue weighted by Gasteiger charge is 2.23. The van der Waals surface area contributed by atoms with Gasteiger partial charge in [-0.1, -0.05) is 23.7 Å². The Bertz CT molecular complexity index is 1300. The van der Waals surface area contributed by atoms with Crippen molar-refractivity contribution in [1.29, 1.82) is 0 Å². The lowest BCUT2D eigenvalue weighted by Crippen LogP contribution is -2.42. The maximum atomic E-state index is 13.0. The number of anilines is 1. The molecule has 0 spiro atoms. The molecule has 4 heterocycles. The van der Waals surface area contributed by atoms with Gasteiger partial charge in [0.05, 0.1) is 6.54 Å². The second-order valence-corrected chi connectivity index (χ2v) is 6.52. The first-order valence-electron chi connectivity index (χ1n) is 9.07. The molecule has 0 bridgehead atoms. The van der Waals surface area contributed by atoms with Crippen LogP contribution in [0.25, 0.3) is 16.7 Å². The quantitative estimate of drug-likeness (QED) is 0.297. The third-order valence-corrected chi connectivity index (χ3v) is 4.64. The molecule has 0 aliphatic carbocycles. The van der Waals surface area contributed by atoms with Gasteiger partial charge in [-0.3, -0.25) is 14.0 Å². The van der Waals surface area contributed by atoms with E-state index < -0.39 is 0 Å². The number of carbonyl (C=O) groups is 1. The Kier molecular flexibility index (Phi) is 4.74. The van der Waals surface area contributed by atoms with Crippen molar-refractivity contribution in [2.24, 2.45) is 0 Å². The molecule has 0 atom stereocenters. The molecule has 4 N–H and O–H groups in total. The molecule has 0 aromatic carbocycles. The standard InChI is InChI=1S/C21H18N6O2/c1-2-9-27-18(22)15(20(28)24-13-14-6-5-8-23-12-14)11-16-19(27)25-17-7-3-4-10-26(17)21(16)29/h2-8,10-12,22H,1,9,13H2,(H,24,28)/p+2. The number of aromatic amines is 1. The zero-order valence-corrected chi connectivity index (χ0v) is 15.6. The van der Waals surface area contributed by atoms with E-state index in [9.17, 15) is 9.59 Å². The molecule has 144 valence electrons. The Labute approximate surface area is 166 Å². The van der Waals surface area contributed by atoms with Gasteiger partial charge in [-0.05, 0) is 24.3 Å². The first-order chi connectivity index (χ1) is 14.1. The number of hydrogen-bond acceptors (Lipinski definition) is 4. The molecule has 0 saturated heterocycles. The third kappa shape index (κ3) is 3.31. The topological polar surface area (TPSA) is 108 Å². The Morgan fingerprint density at radius 2 is 2.21 bits per heavy atom. The van der Waals surface area contributed by atoms with Gasteiger partial charge < -0.3 is 11.1 Å². The molecule has 4 aromatic heterocycles. The van der Waals surface area contributed by atoms with Crippen LogP contribution in [0.2, 0.25) is 0 Å². The van der Waals surface area contributed by atoms with Crippen molar-refractivity contribution in [1.82, 2.24) is 14.7 Å². The lowest BCUT2D eigenvalue weighted by Gasteiger charge is -2.11. The largest absolute Gasteiger partial charge is 0.348 e. The van der Waals surface area contributed by atoms with Crippen LogP contribution in [0.15, 0.2) is 72.4 Å². The van der Waals surface area contributed by atoms with Crippen molar-refractivity contribution in [2.45, 2.75) is 13.1 Å². The van der Waals surface area contributed by atoms with Crippen molar-refractivity contribution >= 4 is 28.4 Å². The van der Waals surface area contributed by atoms with E-state index in [0.717, 1.165) is 5.56 Å². The predicted octanol–water partition coefficient (Wildman–Crippen LogP) is 0.648. The number of H-pyrrole nitrogens is 1. The smallest absolute Gasteiger partial charge is 0.278 e.